The van der Waals surface area contributed by atoms with Gasteiger partial charge in [0.1, 0.15) is 11.4 Å². The van der Waals surface area contributed by atoms with Crippen LogP contribution >= 0.6 is 0 Å². The molecule has 10 nitrogen and oxygen atoms in total. The second-order valence-electron chi connectivity index (χ2n) is 12.0. The summed E-state index contributed by atoms with van der Waals surface area (Å²) in [6.07, 6.45) is -0.586. The maximum absolute atomic E-state index is 12.9. The van der Waals surface area contributed by atoms with E-state index in [0.29, 0.717) is 29.9 Å². The van der Waals surface area contributed by atoms with Crippen LogP contribution in [0.2, 0.25) is 0 Å². The number of carbonyl (C=O) groups excluding carboxylic acids is 1. The lowest BCUT2D eigenvalue weighted by Gasteiger charge is -2.42. The lowest BCUT2D eigenvalue weighted by molar-refractivity contribution is -0.276. The van der Waals surface area contributed by atoms with Crippen molar-refractivity contribution in [3.8, 4) is 5.75 Å². The largest absolute Gasteiger partial charge is 0.508 e. The normalized spacial score (nSPS) is 20.3. The molecule has 10 heteroatoms. The molecule has 1 saturated heterocycles. The fraction of sp³-hybridized carbons (Fsp3) is 0.270. The quantitative estimate of drug-likeness (QED) is 0.156. The molecule has 0 saturated carbocycles. The van der Waals surface area contributed by atoms with E-state index in [1.54, 1.807) is 36.4 Å². The van der Waals surface area contributed by atoms with Crippen molar-refractivity contribution >= 4 is 22.6 Å². The highest BCUT2D eigenvalue weighted by molar-refractivity contribution is 6.03. The number of aliphatic hydroxyl groups is 2. The molecular formula is C37H38N4O6. The summed E-state index contributed by atoms with van der Waals surface area (Å²) in [5, 5.41) is 33.1. The van der Waals surface area contributed by atoms with Crippen LogP contribution < -0.4 is 5.32 Å². The fourth-order valence-corrected chi connectivity index (χ4v) is 5.83. The Bertz CT molecular complexity index is 1820. The molecule has 5 atom stereocenters. The highest BCUT2D eigenvalue weighted by Gasteiger charge is 2.39. The van der Waals surface area contributed by atoms with Crippen molar-refractivity contribution in [2.24, 2.45) is 5.92 Å². The van der Waals surface area contributed by atoms with Crippen LogP contribution in [0.5, 0.6) is 5.75 Å². The van der Waals surface area contributed by atoms with Gasteiger partial charge in [0, 0.05) is 30.3 Å². The summed E-state index contributed by atoms with van der Waals surface area (Å²) in [6.45, 7) is 2.90. The Kier molecular flexibility index (Phi) is 9.86. The van der Waals surface area contributed by atoms with Gasteiger partial charge in [-0.3, -0.25) is 9.78 Å². The summed E-state index contributed by atoms with van der Waals surface area (Å²) in [4.78, 5) is 23.7. The van der Waals surface area contributed by atoms with Gasteiger partial charge in [0.25, 0.3) is 5.91 Å². The SMILES string of the molecule is CC1C(CN(C)CC(O)c2cccc(O)c2)OC(c2ccc(NC(=O)c3cnc4ccccc4n3)cc2)OC1c1ccc(CO)cc1. The van der Waals surface area contributed by atoms with E-state index in [4.69, 9.17) is 9.47 Å². The zero-order valence-electron chi connectivity index (χ0n) is 26.2. The van der Waals surface area contributed by atoms with Crippen molar-refractivity contribution in [1.82, 2.24) is 14.9 Å². The zero-order valence-corrected chi connectivity index (χ0v) is 26.2. The van der Waals surface area contributed by atoms with Crippen LogP contribution in [0.15, 0.2) is 103 Å². The maximum Gasteiger partial charge on any atom is 0.275 e. The molecule has 6 rings (SSSR count). The molecule has 0 radical (unpaired) electrons. The van der Waals surface area contributed by atoms with Crippen molar-refractivity contribution in [1.29, 1.82) is 0 Å². The molecule has 47 heavy (non-hydrogen) atoms. The molecule has 0 bridgehead atoms. The number of aromatic hydroxyl groups is 1. The molecule has 0 aliphatic carbocycles. The maximum atomic E-state index is 12.9. The third-order valence-corrected chi connectivity index (χ3v) is 8.48. The van der Waals surface area contributed by atoms with Gasteiger partial charge in [-0.15, -0.1) is 0 Å². The zero-order chi connectivity index (χ0) is 32.9. The molecule has 242 valence electrons. The topological polar surface area (TPSA) is 137 Å². The minimum Gasteiger partial charge on any atom is -0.508 e. The highest BCUT2D eigenvalue weighted by atomic mass is 16.7. The molecule has 1 aliphatic heterocycles. The Morgan fingerprint density at radius 1 is 0.936 bits per heavy atom. The number of hydrogen-bond donors (Lipinski definition) is 4. The Morgan fingerprint density at radius 2 is 1.66 bits per heavy atom. The standard InChI is InChI=1S/C37H38N4O6/c1-23-34(21-41(2)20-33(44)27-6-5-7-29(43)18-27)46-37(47-35(23)25-12-10-24(22-42)11-13-25)26-14-16-28(17-15-26)39-36(45)32-19-38-30-8-3-4-9-31(30)40-32/h3-19,23,33-35,37,42-44H,20-22H2,1-2H3,(H,39,45). The minimum atomic E-state index is -0.789. The smallest absolute Gasteiger partial charge is 0.275 e. The van der Waals surface area contributed by atoms with Gasteiger partial charge < -0.3 is 35.0 Å². The summed E-state index contributed by atoms with van der Waals surface area (Å²) < 4.78 is 13.1. The first kappa shape index (κ1) is 32.2. The number of para-hydroxylation sites is 2. The van der Waals surface area contributed by atoms with Crippen molar-refractivity contribution in [2.45, 2.75) is 38.1 Å². The first-order chi connectivity index (χ1) is 22.8. The summed E-state index contributed by atoms with van der Waals surface area (Å²) in [7, 11) is 1.93. The summed E-state index contributed by atoms with van der Waals surface area (Å²) in [5.74, 6) is -0.304. The van der Waals surface area contributed by atoms with Crippen LogP contribution in [-0.2, 0) is 16.1 Å². The predicted octanol–water partition coefficient (Wildman–Crippen LogP) is 5.54. The molecular weight excluding hydrogens is 596 g/mol. The molecule has 4 aromatic carbocycles. The van der Waals surface area contributed by atoms with Gasteiger partial charge in [0.15, 0.2) is 6.29 Å². The Balaban J connectivity index is 1.18. The first-order valence-electron chi connectivity index (χ1n) is 15.6. The molecule has 1 fully saturated rings. The predicted molar refractivity (Wildman–Crippen MR) is 177 cm³/mol. The van der Waals surface area contributed by atoms with Gasteiger partial charge in [-0.25, -0.2) is 4.98 Å². The number of likely N-dealkylation sites (N-methyl/N-ethyl adjacent to an activating group) is 1. The van der Waals surface area contributed by atoms with E-state index in [2.05, 4.69) is 22.2 Å². The van der Waals surface area contributed by atoms with Crippen LogP contribution in [-0.4, -0.2) is 62.3 Å². The number of ether oxygens (including phenoxy) is 2. The number of benzene rings is 4. The molecule has 1 amide bonds. The Labute approximate surface area is 273 Å². The number of fused-ring (bicyclic) bond motifs is 1. The van der Waals surface area contributed by atoms with E-state index in [1.807, 2.05) is 72.6 Å². The number of phenols is 1. The number of aliphatic hydroxyl groups excluding tert-OH is 2. The van der Waals surface area contributed by atoms with Crippen molar-refractivity contribution in [2.75, 3.05) is 25.5 Å². The average molecular weight is 635 g/mol. The van der Waals surface area contributed by atoms with Gasteiger partial charge in [0.05, 0.1) is 42.1 Å². The minimum absolute atomic E-state index is 0.0433. The second-order valence-corrected chi connectivity index (χ2v) is 12.0. The second kappa shape index (κ2) is 14.4. The molecule has 2 heterocycles. The molecule has 5 aromatic rings. The van der Waals surface area contributed by atoms with E-state index < -0.39 is 12.4 Å². The fourth-order valence-electron chi connectivity index (χ4n) is 5.83. The van der Waals surface area contributed by atoms with Gasteiger partial charge in [-0.05, 0) is 60.1 Å². The molecule has 5 unspecified atom stereocenters. The number of nitrogens with zero attached hydrogens (tertiary/aromatic N) is 3. The average Bonchev–Trinajstić information content (AvgIpc) is 3.09. The number of rotatable bonds is 10. The number of hydrogen-bond acceptors (Lipinski definition) is 9. The third-order valence-electron chi connectivity index (χ3n) is 8.48. The summed E-state index contributed by atoms with van der Waals surface area (Å²) in [6, 6.07) is 29.1. The number of nitrogens with one attached hydrogen (secondary N) is 1. The van der Waals surface area contributed by atoms with E-state index in [1.165, 1.54) is 6.20 Å². The summed E-state index contributed by atoms with van der Waals surface area (Å²) >= 11 is 0. The van der Waals surface area contributed by atoms with Crippen LogP contribution in [0.25, 0.3) is 11.0 Å². The van der Waals surface area contributed by atoms with Gasteiger partial charge >= 0.3 is 0 Å². The lowest BCUT2D eigenvalue weighted by Crippen LogP contribution is -2.44. The van der Waals surface area contributed by atoms with Gasteiger partial charge in [-0.1, -0.05) is 67.6 Å². The third kappa shape index (κ3) is 7.65. The molecule has 1 aromatic heterocycles. The monoisotopic (exact) mass is 634 g/mol. The van der Waals surface area contributed by atoms with Crippen LogP contribution in [0.4, 0.5) is 5.69 Å². The van der Waals surface area contributed by atoms with E-state index in [9.17, 15) is 20.1 Å². The number of amides is 1. The van der Waals surface area contributed by atoms with Crippen LogP contribution in [0.3, 0.4) is 0 Å². The van der Waals surface area contributed by atoms with Crippen molar-refractivity contribution in [3.63, 3.8) is 0 Å². The van der Waals surface area contributed by atoms with E-state index in [0.717, 1.165) is 22.2 Å². The van der Waals surface area contributed by atoms with Gasteiger partial charge in [0.2, 0.25) is 0 Å². The molecule has 1 aliphatic rings. The number of aromatic nitrogens is 2. The van der Waals surface area contributed by atoms with Crippen molar-refractivity contribution in [3.05, 3.63) is 131 Å². The Morgan fingerprint density at radius 3 is 2.38 bits per heavy atom. The number of carbonyl (C=O) groups is 1. The highest BCUT2D eigenvalue weighted by Crippen LogP contribution is 2.42. The van der Waals surface area contributed by atoms with Gasteiger partial charge in [-0.2, -0.15) is 0 Å². The van der Waals surface area contributed by atoms with Crippen LogP contribution in [0, 0.1) is 5.92 Å². The Hall–Kier alpha value is -4.71. The van der Waals surface area contributed by atoms with E-state index in [-0.39, 0.29) is 42.1 Å². The lowest BCUT2D eigenvalue weighted by atomic mass is 9.90. The summed E-state index contributed by atoms with van der Waals surface area (Å²) in [5.41, 5.74) is 5.37. The number of phenolic OH excluding ortho intramolecular Hbond substituents is 1. The first-order valence-corrected chi connectivity index (χ1v) is 15.6. The molecule has 4 N–H and O–H groups in total. The van der Waals surface area contributed by atoms with E-state index >= 15 is 0 Å². The number of anilines is 1. The van der Waals surface area contributed by atoms with Crippen molar-refractivity contribution < 1.29 is 29.6 Å². The van der Waals surface area contributed by atoms with Crippen LogP contribution in [0.1, 0.15) is 58.2 Å². The molecule has 0 spiro atoms.